The van der Waals surface area contributed by atoms with Gasteiger partial charge >= 0.3 is 0 Å². The van der Waals surface area contributed by atoms with E-state index in [0.29, 0.717) is 11.4 Å². The van der Waals surface area contributed by atoms with Crippen molar-refractivity contribution >= 4 is 11.6 Å². The summed E-state index contributed by atoms with van der Waals surface area (Å²) >= 11 is 6.44. The predicted molar refractivity (Wildman–Crippen MR) is 76.4 cm³/mol. The zero-order valence-electron chi connectivity index (χ0n) is 11.2. The number of para-hydroxylation sites is 1. The van der Waals surface area contributed by atoms with Crippen molar-refractivity contribution in [3.63, 3.8) is 0 Å². The van der Waals surface area contributed by atoms with Crippen LogP contribution < -0.4 is 4.74 Å². The molecule has 2 unspecified atom stereocenters. The fraction of sp³-hybridized carbons (Fsp3) is 0.600. The van der Waals surface area contributed by atoms with E-state index in [4.69, 9.17) is 16.3 Å². The van der Waals surface area contributed by atoms with Crippen molar-refractivity contribution in [1.29, 1.82) is 0 Å². The van der Waals surface area contributed by atoms with Crippen LogP contribution in [0.1, 0.15) is 31.2 Å². The molecule has 1 aliphatic rings. The molecule has 0 bridgehead atoms. The second-order valence-corrected chi connectivity index (χ2v) is 5.66. The molecule has 3 heteroatoms. The Balaban J connectivity index is 2.03. The number of hydrogen-bond donors (Lipinski definition) is 0. The smallest absolute Gasteiger partial charge is 0.123 e. The van der Waals surface area contributed by atoms with Gasteiger partial charge in [-0.25, -0.2) is 0 Å². The van der Waals surface area contributed by atoms with E-state index < -0.39 is 0 Å². The first-order valence-corrected chi connectivity index (χ1v) is 7.12. The standard InChI is InChI=1S/C15H22ClNO/c1-17(14-9-5-4-8-13(14)16)11-12-7-3-6-10-15(12)18-2/h3,6-7,10,13-14H,4-5,8-9,11H2,1-2H3. The highest BCUT2D eigenvalue weighted by Gasteiger charge is 2.26. The van der Waals surface area contributed by atoms with Gasteiger partial charge in [-0.3, -0.25) is 4.90 Å². The van der Waals surface area contributed by atoms with Crippen molar-refractivity contribution in [2.75, 3.05) is 14.2 Å². The Morgan fingerprint density at radius 3 is 2.72 bits per heavy atom. The molecule has 0 saturated heterocycles. The number of ether oxygens (including phenoxy) is 1. The van der Waals surface area contributed by atoms with Gasteiger partial charge in [-0.15, -0.1) is 11.6 Å². The lowest BCUT2D eigenvalue weighted by Crippen LogP contribution is -2.40. The van der Waals surface area contributed by atoms with E-state index in [1.54, 1.807) is 7.11 Å². The van der Waals surface area contributed by atoms with Crippen LogP contribution in [0.3, 0.4) is 0 Å². The molecule has 0 heterocycles. The Morgan fingerprint density at radius 2 is 2.00 bits per heavy atom. The van der Waals surface area contributed by atoms with Gasteiger partial charge in [-0.1, -0.05) is 31.0 Å². The minimum absolute atomic E-state index is 0.290. The van der Waals surface area contributed by atoms with Gasteiger partial charge in [0, 0.05) is 23.5 Å². The lowest BCUT2D eigenvalue weighted by molar-refractivity contribution is 0.186. The maximum absolute atomic E-state index is 6.44. The normalized spacial score (nSPS) is 24.2. The Hall–Kier alpha value is -0.730. The molecule has 2 nitrogen and oxygen atoms in total. The van der Waals surface area contributed by atoms with E-state index in [1.165, 1.54) is 24.8 Å². The van der Waals surface area contributed by atoms with Crippen LogP contribution in [0.15, 0.2) is 24.3 Å². The Morgan fingerprint density at radius 1 is 1.28 bits per heavy atom. The largest absolute Gasteiger partial charge is 0.496 e. The zero-order chi connectivity index (χ0) is 13.0. The lowest BCUT2D eigenvalue weighted by atomic mass is 9.93. The van der Waals surface area contributed by atoms with Gasteiger partial charge in [0.15, 0.2) is 0 Å². The molecule has 1 saturated carbocycles. The minimum atomic E-state index is 0.290. The van der Waals surface area contributed by atoms with Gasteiger partial charge in [-0.05, 0) is 26.0 Å². The summed E-state index contributed by atoms with van der Waals surface area (Å²) in [4.78, 5) is 2.37. The van der Waals surface area contributed by atoms with Gasteiger partial charge in [0.25, 0.3) is 0 Å². The summed E-state index contributed by atoms with van der Waals surface area (Å²) in [6, 6.07) is 8.70. The van der Waals surface area contributed by atoms with Crippen LogP contribution in [-0.4, -0.2) is 30.5 Å². The molecular formula is C15H22ClNO. The van der Waals surface area contributed by atoms with Crippen molar-refractivity contribution in [1.82, 2.24) is 4.90 Å². The molecule has 0 spiro atoms. The Kier molecular flexibility index (Phi) is 4.90. The zero-order valence-corrected chi connectivity index (χ0v) is 12.0. The number of nitrogens with zero attached hydrogens (tertiary/aromatic N) is 1. The first-order valence-electron chi connectivity index (χ1n) is 6.68. The van der Waals surface area contributed by atoms with Crippen molar-refractivity contribution < 1.29 is 4.74 Å². The highest BCUT2D eigenvalue weighted by Crippen LogP contribution is 2.28. The van der Waals surface area contributed by atoms with E-state index in [9.17, 15) is 0 Å². The van der Waals surface area contributed by atoms with E-state index in [2.05, 4.69) is 24.1 Å². The summed E-state index contributed by atoms with van der Waals surface area (Å²) < 4.78 is 5.40. The highest BCUT2D eigenvalue weighted by atomic mass is 35.5. The van der Waals surface area contributed by atoms with Crippen LogP contribution in [-0.2, 0) is 6.54 Å². The third kappa shape index (κ3) is 3.18. The van der Waals surface area contributed by atoms with E-state index >= 15 is 0 Å². The number of benzene rings is 1. The van der Waals surface area contributed by atoms with E-state index in [0.717, 1.165) is 18.7 Å². The second kappa shape index (κ2) is 6.44. The molecule has 0 amide bonds. The van der Waals surface area contributed by atoms with Crippen LogP contribution >= 0.6 is 11.6 Å². The van der Waals surface area contributed by atoms with Crippen LogP contribution in [0.2, 0.25) is 0 Å². The Labute approximate surface area is 115 Å². The average molecular weight is 268 g/mol. The van der Waals surface area contributed by atoms with Gasteiger partial charge in [0.05, 0.1) is 7.11 Å². The summed E-state index contributed by atoms with van der Waals surface area (Å²) in [5.74, 6) is 0.964. The maximum Gasteiger partial charge on any atom is 0.123 e. The topological polar surface area (TPSA) is 12.5 Å². The molecule has 0 aliphatic heterocycles. The molecule has 0 radical (unpaired) electrons. The summed E-state index contributed by atoms with van der Waals surface area (Å²) in [6.07, 6.45) is 4.92. The molecule has 2 rings (SSSR count). The molecule has 0 aromatic heterocycles. The van der Waals surface area contributed by atoms with Crippen LogP contribution in [0.25, 0.3) is 0 Å². The highest BCUT2D eigenvalue weighted by molar-refractivity contribution is 6.21. The number of halogens is 1. The van der Waals surface area contributed by atoms with E-state index in [-0.39, 0.29) is 0 Å². The summed E-state index contributed by atoms with van der Waals surface area (Å²) in [5, 5.41) is 0.290. The minimum Gasteiger partial charge on any atom is -0.496 e. The van der Waals surface area contributed by atoms with Gasteiger partial charge in [0.1, 0.15) is 5.75 Å². The molecular weight excluding hydrogens is 246 g/mol. The third-order valence-electron chi connectivity index (χ3n) is 3.83. The molecule has 0 N–H and O–H groups in total. The number of hydrogen-bond acceptors (Lipinski definition) is 2. The fourth-order valence-electron chi connectivity index (χ4n) is 2.78. The van der Waals surface area contributed by atoms with Crippen LogP contribution in [0.5, 0.6) is 5.75 Å². The van der Waals surface area contributed by atoms with Gasteiger partial charge in [0.2, 0.25) is 0 Å². The maximum atomic E-state index is 6.44. The van der Waals surface area contributed by atoms with Gasteiger partial charge < -0.3 is 4.74 Å². The molecule has 1 aromatic rings. The summed E-state index contributed by atoms with van der Waals surface area (Å²) in [5.41, 5.74) is 1.23. The first kappa shape index (κ1) is 13.7. The first-order chi connectivity index (χ1) is 8.72. The molecule has 1 aliphatic carbocycles. The molecule has 1 aromatic carbocycles. The molecule has 18 heavy (non-hydrogen) atoms. The number of alkyl halides is 1. The molecule has 100 valence electrons. The van der Waals surface area contributed by atoms with Crippen LogP contribution in [0, 0.1) is 0 Å². The van der Waals surface area contributed by atoms with Crippen molar-refractivity contribution in [3.8, 4) is 5.75 Å². The predicted octanol–water partition coefficient (Wildman–Crippen LogP) is 3.68. The average Bonchev–Trinajstić information content (AvgIpc) is 2.39. The fourth-order valence-corrected chi connectivity index (χ4v) is 3.25. The van der Waals surface area contributed by atoms with Crippen molar-refractivity contribution in [2.24, 2.45) is 0 Å². The van der Waals surface area contributed by atoms with Crippen molar-refractivity contribution in [3.05, 3.63) is 29.8 Å². The number of rotatable bonds is 4. The molecule has 1 fully saturated rings. The third-order valence-corrected chi connectivity index (χ3v) is 4.33. The quantitative estimate of drug-likeness (QED) is 0.772. The lowest BCUT2D eigenvalue weighted by Gasteiger charge is -2.35. The SMILES string of the molecule is COc1ccccc1CN(C)C1CCCCC1Cl. The van der Waals surface area contributed by atoms with Crippen LogP contribution in [0.4, 0.5) is 0 Å². The van der Waals surface area contributed by atoms with E-state index in [1.807, 2.05) is 12.1 Å². The van der Waals surface area contributed by atoms with Gasteiger partial charge in [-0.2, -0.15) is 0 Å². The summed E-state index contributed by atoms with van der Waals surface area (Å²) in [6.45, 7) is 0.901. The summed E-state index contributed by atoms with van der Waals surface area (Å²) in [7, 11) is 3.89. The molecule has 2 atom stereocenters. The second-order valence-electron chi connectivity index (χ2n) is 5.09. The van der Waals surface area contributed by atoms with Crippen molar-refractivity contribution in [2.45, 2.75) is 43.6 Å². The monoisotopic (exact) mass is 267 g/mol. The Bertz CT molecular complexity index is 383. The number of methoxy groups -OCH3 is 1.